The summed E-state index contributed by atoms with van der Waals surface area (Å²) in [5.74, 6) is 0.294. The Labute approximate surface area is 107 Å². The molecule has 2 rings (SSSR count). The van der Waals surface area contributed by atoms with Crippen LogP contribution in [-0.4, -0.2) is 13.4 Å². The van der Waals surface area contributed by atoms with Crippen LogP contribution in [0.5, 0.6) is 0 Å². The molecule has 0 amide bonds. The number of para-hydroxylation sites is 1. The number of aromatic nitrogens is 1. The predicted molar refractivity (Wildman–Crippen MR) is 71.8 cm³/mol. The molecular weight excluding hydrogens is 248 g/mol. The van der Waals surface area contributed by atoms with E-state index in [9.17, 15) is 8.42 Å². The van der Waals surface area contributed by atoms with E-state index in [0.717, 1.165) is 17.5 Å². The minimum Gasteiger partial charge on any atom is -0.251 e. The van der Waals surface area contributed by atoms with Gasteiger partial charge in [0.25, 0.3) is 0 Å². The van der Waals surface area contributed by atoms with Gasteiger partial charge in [0.1, 0.15) is 4.90 Å². The Balaban J connectivity index is 2.74. The van der Waals surface area contributed by atoms with Crippen LogP contribution in [0.4, 0.5) is 0 Å². The van der Waals surface area contributed by atoms with Gasteiger partial charge in [-0.25, -0.2) is 13.6 Å². The molecule has 0 radical (unpaired) electrons. The molecule has 1 atom stereocenters. The number of hydrogen-bond donors (Lipinski definition) is 1. The lowest BCUT2D eigenvalue weighted by atomic mass is 10.0. The van der Waals surface area contributed by atoms with Gasteiger partial charge in [-0.3, -0.25) is 4.98 Å². The van der Waals surface area contributed by atoms with Gasteiger partial charge in [-0.05, 0) is 24.5 Å². The van der Waals surface area contributed by atoms with Crippen molar-refractivity contribution in [3.8, 4) is 0 Å². The quantitative estimate of drug-likeness (QED) is 0.925. The third-order valence-electron chi connectivity index (χ3n) is 3.13. The minimum atomic E-state index is -3.74. The average molecular weight is 264 g/mol. The Morgan fingerprint density at radius 3 is 2.61 bits per heavy atom. The lowest BCUT2D eigenvalue weighted by Gasteiger charge is -2.10. The standard InChI is InChI=1S/C13H16N2O2S/c1-3-9(2)11-8-7-10-5-4-6-12(13(10)15-11)18(14,16)17/h4-9H,3H2,1-2H3,(H2,14,16,17). The van der Waals surface area contributed by atoms with Gasteiger partial charge >= 0.3 is 0 Å². The molecular formula is C13H16N2O2S. The molecule has 5 heteroatoms. The van der Waals surface area contributed by atoms with Gasteiger partial charge in [-0.1, -0.05) is 32.0 Å². The molecule has 1 aromatic carbocycles. The van der Waals surface area contributed by atoms with Crippen molar-refractivity contribution in [3.63, 3.8) is 0 Å². The van der Waals surface area contributed by atoms with E-state index in [1.54, 1.807) is 6.07 Å². The maximum atomic E-state index is 11.5. The van der Waals surface area contributed by atoms with Crippen molar-refractivity contribution in [2.45, 2.75) is 31.1 Å². The summed E-state index contributed by atoms with van der Waals surface area (Å²) in [4.78, 5) is 4.54. The Morgan fingerprint density at radius 1 is 1.28 bits per heavy atom. The van der Waals surface area contributed by atoms with Crippen molar-refractivity contribution >= 4 is 20.9 Å². The number of rotatable bonds is 3. The van der Waals surface area contributed by atoms with Gasteiger partial charge in [-0.15, -0.1) is 0 Å². The van der Waals surface area contributed by atoms with Gasteiger partial charge in [0, 0.05) is 11.1 Å². The van der Waals surface area contributed by atoms with Gasteiger partial charge in [0.05, 0.1) is 5.52 Å². The smallest absolute Gasteiger partial charge is 0.240 e. The number of nitrogens with two attached hydrogens (primary N) is 1. The van der Waals surface area contributed by atoms with Crippen LogP contribution in [-0.2, 0) is 10.0 Å². The van der Waals surface area contributed by atoms with E-state index in [0.29, 0.717) is 11.4 Å². The second kappa shape index (κ2) is 4.66. The van der Waals surface area contributed by atoms with Gasteiger partial charge in [-0.2, -0.15) is 0 Å². The van der Waals surface area contributed by atoms with Crippen LogP contribution in [0.1, 0.15) is 31.9 Å². The van der Waals surface area contributed by atoms with Crippen LogP contribution in [0.15, 0.2) is 35.2 Å². The highest BCUT2D eigenvalue weighted by molar-refractivity contribution is 7.89. The minimum absolute atomic E-state index is 0.0881. The zero-order valence-electron chi connectivity index (χ0n) is 10.4. The van der Waals surface area contributed by atoms with Crippen LogP contribution >= 0.6 is 0 Å². The third kappa shape index (κ3) is 2.37. The molecule has 4 nitrogen and oxygen atoms in total. The number of benzene rings is 1. The summed E-state index contributed by atoms with van der Waals surface area (Å²) in [5.41, 5.74) is 1.35. The van der Waals surface area contributed by atoms with E-state index in [1.807, 2.05) is 18.2 Å². The lowest BCUT2D eigenvalue weighted by Crippen LogP contribution is -2.13. The molecule has 0 fully saturated rings. The van der Waals surface area contributed by atoms with Crippen molar-refractivity contribution < 1.29 is 8.42 Å². The van der Waals surface area contributed by atoms with Crippen molar-refractivity contribution in [3.05, 3.63) is 36.0 Å². The first-order valence-corrected chi connectivity index (χ1v) is 7.40. The summed E-state index contributed by atoms with van der Waals surface area (Å²) in [6.45, 7) is 4.13. The third-order valence-corrected chi connectivity index (χ3v) is 4.07. The number of pyridine rings is 1. The highest BCUT2D eigenvalue weighted by atomic mass is 32.2. The number of fused-ring (bicyclic) bond motifs is 1. The normalized spacial score (nSPS) is 13.7. The average Bonchev–Trinajstić information content (AvgIpc) is 2.35. The van der Waals surface area contributed by atoms with Crippen LogP contribution < -0.4 is 5.14 Å². The fraction of sp³-hybridized carbons (Fsp3) is 0.308. The number of nitrogens with zero attached hydrogens (tertiary/aromatic N) is 1. The molecule has 0 aliphatic rings. The van der Waals surface area contributed by atoms with Gasteiger partial charge in [0.2, 0.25) is 10.0 Å². The fourth-order valence-electron chi connectivity index (χ4n) is 1.85. The second-order valence-electron chi connectivity index (χ2n) is 4.42. The van der Waals surface area contributed by atoms with E-state index < -0.39 is 10.0 Å². The molecule has 1 aromatic heterocycles. The lowest BCUT2D eigenvalue weighted by molar-refractivity contribution is 0.598. The van der Waals surface area contributed by atoms with E-state index >= 15 is 0 Å². The van der Waals surface area contributed by atoms with Crippen LogP contribution in [0.3, 0.4) is 0 Å². The summed E-state index contributed by atoms with van der Waals surface area (Å²) in [6, 6.07) is 8.82. The molecule has 0 spiro atoms. The molecule has 0 bridgehead atoms. The zero-order chi connectivity index (χ0) is 13.3. The molecule has 1 heterocycles. The second-order valence-corrected chi connectivity index (χ2v) is 5.95. The predicted octanol–water partition coefficient (Wildman–Crippen LogP) is 2.40. The molecule has 18 heavy (non-hydrogen) atoms. The Bertz CT molecular complexity index is 680. The first-order valence-electron chi connectivity index (χ1n) is 5.86. The summed E-state index contributed by atoms with van der Waals surface area (Å²) < 4.78 is 23.1. The monoisotopic (exact) mass is 264 g/mol. The van der Waals surface area contributed by atoms with Crippen molar-refractivity contribution in [2.75, 3.05) is 0 Å². The summed E-state index contributed by atoms with van der Waals surface area (Å²) in [7, 11) is -3.74. The van der Waals surface area contributed by atoms with E-state index in [1.165, 1.54) is 6.07 Å². The molecule has 0 saturated heterocycles. The molecule has 1 unspecified atom stereocenters. The molecule has 0 aliphatic carbocycles. The highest BCUT2D eigenvalue weighted by Crippen LogP contribution is 2.24. The summed E-state index contributed by atoms with van der Waals surface area (Å²) in [6.07, 6.45) is 0.954. The molecule has 2 aromatic rings. The number of sulfonamides is 1. The zero-order valence-corrected chi connectivity index (χ0v) is 11.2. The van der Waals surface area contributed by atoms with Crippen molar-refractivity contribution in [1.29, 1.82) is 0 Å². The summed E-state index contributed by atoms with van der Waals surface area (Å²) in [5, 5.41) is 6.00. The maximum Gasteiger partial charge on any atom is 0.240 e. The number of hydrogen-bond acceptors (Lipinski definition) is 3. The van der Waals surface area contributed by atoms with Crippen LogP contribution in [0.2, 0.25) is 0 Å². The SMILES string of the molecule is CCC(C)c1ccc2cccc(S(N)(=O)=O)c2n1. The molecule has 96 valence electrons. The largest absolute Gasteiger partial charge is 0.251 e. The Morgan fingerprint density at radius 2 is 2.00 bits per heavy atom. The highest BCUT2D eigenvalue weighted by Gasteiger charge is 2.14. The molecule has 2 N–H and O–H groups in total. The van der Waals surface area contributed by atoms with E-state index in [-0.39, 0.29) is 4.90 Å². The Kier molecular flexibility index (Phi) is 3.36. The fourth-order valence-corrected chi connectivity index (χ4v) is 2.55. The first-order chi connectivity index (χ1) is 8.43. The van der Waals surface area contributed by atoms with Gasteiger partial charge in [0.15, 0.2) is 0 Å². The van der Waals surface area contributed by atoms with Gasteiger partial charge < -0.3 is 0 Å². The van der Waals surface area contributed by atoms with Crippen LogP contribution in [0.25, 0.3) is 10.9 Å². The van der Waals surface area contributed by atoms with Crippen molar-refractivity contribution in [1.82, 2.24) is 4.98 Å². The van der Waals surface area contributed by atoms with E-state index in [2.05, 4.69) is 18.8 Å². The summed E-state index contributed by atoms with van der Waals surface area (Å²) >= 11 is 0. The number of primary sulfonamides is 1. The van der Waals surface area contributed by atoms with Crippen LogP contribution in [0, 0.1) is 0 Å². The molecule has 0 saturated carbocycles. The topological polar surface area (TPSA) is 73.1 Å². The Hall–Kier alpha value is -1.46. The first kappa shape index (κ1) is 13.0. The van der Waals surface area contributed by atoms with Crippen molar-refractivity contribution in [2.24, 2.45) is 5.14 Å². The maximum absolute atomic E-state index is 11.5. The molecule has 0 aliphatic heterocycles. The van der Waals surface area contributed by atoms with E-state index in [4.69, 9.17) is 5.14 Å².